The molecule has 0 aromatic carbocycles. The minimum atomic E-state index is -0.981. The third-order valence-corrected chi connectivity index (χ3v) is 3.90. The summed E-state index contributed by atoms with van der Waals surface area (Å²) in [7, 11) is 0. The van der Waals surface area contributed by atoms with Gasteiger partial charge >= 0.3 is 11.9 Å². The Kier molecular flexibility index (Phi) is 21.9. The smallest absolute Gasteiger partial charge is 0.327 e. The fraction of sp³-hybridized carbons (Fsp3) is 0.714. The zero-order chi connectivity index (χ0) is 20.0. The fourth-order valence-corrected chi connectivity index (χ4v) is 2.36. The van der Waals surface area contributed by atoms with Gasteiger partial charge in [0.25, 0.3) is 0 Å². The molecule has 0 heterocycles. The predicted octanol–water partition coefficient (Wildman–Crippen LogP) is 5.34. The number of rotatable bonds is 16. The van der Waals surface area contributed by atoms with Crippen molar-refractivity contribution >= 4 is 11.9 Å². The van der Waals surface area contributed by atoms with Crippen LogP contribution in [0.5, 0.6) is 0 Å². The Hall–Kier alpha value is -1.62. The largest absolute Gasteiger partial charge is 0.481 e. The molecule has 0 spiro atoms. The van der Waals surface area contributed by atoms with Gasteiger partial charge in [0.1, 0.15) is 0 Å². The molecule has 5 heteroatoms. The zero-order valence-electron chi connectivity index (χ0n) is 16.4. The van der Waals surface area contributed by atoms with Crippen molar-refractivity contribution < 1.29 is 24.9 Å². The van der Waals surface area contributed by atoms with Crippen LogP contribution in [-0.4, -0.2) is 33.4 Å². The van der Waals surface area contributed by atoms with Crippen molar-refractivity contribution in [2.45, 2.75) is 96.5 Å². The second-order valence-corrected chi connectivity index (χ2v) is 6.45. The van der Waals surface area contributed by atoms with Gasteiger partial charge in [0.2, 0.25) is 0 Å². The standard InChI is InChI=1S/C18H34O3.C3H4O2/c1-2-3-4-11-14-17(19)15-12-9-7-5-6-8-10-13-16-18(20)21;1-2-3(4)5/h9,12,17,19H,2-8,10-11,13-16H2,1H3,(H,20,21);2H,1H2,(H,4,5)/b12-9-;. The minimum Gasteiger partial charge on any atom is -0.481 e. The Morgan fingerprint density at radius 3 is 2.08 bits per heavy atom. The first-order valence-corrected chi connectivity index (χ1v) is 9.84. The Balaban J connectivity index is 0. The van der Waals surface area contributed by atoms with Crippen LogP contribution in [0.1, 0.15) is 90.4 Å². The van der Waals surface area contributed by atoms with Gasteiger partial charge in [-0.2, -0.15) is 0 Å². The van der Waals surface area contributed by atoms with Gasteiger partial charge in [-0.05, 0) is 32.1 Å². The van der Waals surface area contributed by atoms with Crippen molar-refractivity contribution in [1.29, 1.82) is 0 Å². The number of aliphatic hydroxyl groups excluding tert-OH is 1. The molecule has 0 fully saturated rings. The molecular formula is C21H38O5. The Morgan fingerprint density at radius 1 is 0.923 bits per heavy atom. The van der Waals surface area contributed by atoms with E-state index < -0.39 is 11.9 Å². The first-order valence-electron chi connectivity index (χ1n) is 9.84. The summed E-state index contributed by atoms with van der Waals surface area (Å²) < 4.78 is 0. The van der Waals surface area contributed by atoms with Crippen LogP contribution in [0.15, 0.2) is 24.8 Å². The lowest BCUT2D eigenvalue weighted by atomic mass is 10.1. The van der Waals surface area contributed by atoms with Crippen LogP contribution in [0.25, 0.3) is 0 Å². The van der Waals surface area contributed by atoms with Crippen molar-refractivity contribution in [2.75, 3.05) is 0 Å². The second-order valence-electron chi connectivity index (χ2n) is 6.45. The van der Waals surface area contributed by atoms with Crippen molar-refractivity contribution in [3.63, 3.8) is 0 Å². The number of carboxylic acids is 2. The Labute approximate surface area is 158 Å². The van der Waals surface area contributed by atoms with Gasteiger partial charge in [-0.25, -0.2) is 4.79 Å². The summed E-state index contributed by atoms with van der Waals surface area (Å²) in [5.74, 6) is -1.67. The molecule has 0 aliphatic rings. The van der Waals surface area contributed by atoms with Crippen LogP contribution in [0.3, 0.4) is 0 Å². The number of aliphatic carboxylic acids is 2. The van der Waals surface area contributed by atoms with Crippen LogP contribution in [-0.2, 0) is 9.59 Å². The highest BCUT2D eigenvalue weighted by Gasteiger charge is 2.00. The molecule has 0 aromatic rings. The van der Waals surface area contributed by atoms with Crippen molar-refractivity contribution in [2.24, 2.45) is 0 Å². The molecule has 26 heavy (non-hydrogen) atoms. The fourth-order valence-electron chi connectivity index (χ4n) is 2.36. The topological polar surface area (TPSA) is 94.8 Å². The molecule has 0 rings (SSSR count). The normalized spacial score (nSPS) is 11.6. The third kappa shape index (κ3) is 27.2. The number of unbranched alkanes of at least 4 members (excludes halogenated alkanes) is 8. The maximum Gasteiger partial charge on any atom is 0.327 e. The molecule has 0 bridgehead atoms. The monoisotopic (exact) mass is 370 g/mol. The SMILES string of the molecule is C=CC(=O)O.CCCCCCC(O)C/C=C\CCCCCCCC(=O)O. The lowest BCUT2D eigenvalue weighted by Gasteiger charge is -2.07. The molecule has 1 atom stereocenters. The molecule has 0 saturated carbocycles. The average Bonchev–Trinajstić information content (AvgIpc) is 2.60. The molecule has 3 N–H and O–H groups in total. The molecule has 0 aliphatic heterocycles. The molecule has 5 nitrogen and oxygen atoms in total. The van der Waals surface area contributed by atoms with Crippen molar-refractivity contribution in [3.05, 3.63) is 24.8 Å². The molecule has 152 valence electrons. The van der Waals surface area contributed by atoms with E-state index in [9.17, 15) is 14.7 Å². The third-order valence-electron chi connectivity index (χ3n) is 3.90. The number of hydrogen-bond acceptors (Lipinski definition) is 3. The van der Waals surface area contributed by atoms with E-state index in [-0.39, 0.29) is 6.10 Å². The van der Waals surface area contributed by atoms with Crippen LogP contribution >= 0.6 is 0 Å². The van der Waals surface area contributed by atoms with Crippen LogP contribution < -0.4 is 0 Å². The first kappa shape index (κ1) is 26.6. The van der Waals surface area contributed by atoms with E-state index in [1.54, 1.807) is 0 Å². The molecule has 1 unspecified atom stereocenters. The quantitative estimate of drug-likeness (QED) is 0.194. The van der Waals surface area contributed by atoms with Crippen molar-refractivity contribution in [3.8, 4) is 0 Å². The predicted molar refractivity (Wildman–Crippen MR) is 106 cm³/mol. The van der Waals surface area contributed by atoms with E-state index in [1.165, 1.54) is 25.7 Å². The summed E-state index contributed by atoms with van der Waals surface area (Å²) in [6.07, 6.45) is 18.2. The highest BCUT2D eigenvalue weighted by atomic mass is 16.4. The number of allylic oxidation sites excluding steroid dienone is 1. The molecule has 0 amide bonds. The highest BCUT2D eigenvalue weighted by Crippen LogP contribution is 2.10. The molecule has 0 aromatic heterocycles. The van der Waals surface area contributed by atoms with E-state index in [0.29, 0.717) is 6.42 Å². The van der Waals surface area contributed by atoms with E-state index in [4.69, 9.17) is 10.2 Å². The van der Waals surface area contributed by atoms with Crippen LogP contribution in [0, 0.1) is 0 Å². The average molecular weight is 371 g/mol. The lowest BCUT2D eigenvalue weighted by Crippen LogP contribution is -2.04. The van der Waals surface area contributed by atoms with Gasteiger partial charge in [0, 0.05) is 12.5 Å². The number of hydrogen-bond donors (Lipinski definition) is 3. The minimum absolute atomic E-state index is 0.172. The molecule has 0 aliphatic carbocycles. The van der Waals surface area contributed by atoms with Crippen LogP contribution in [0.4, 0.5) is 0 Å². The molecular weight excluding hydrogens is 332 g/mol. The second kappa shape index (κ2) is 21.4. The zero-order valence-corrected chi connectivity index (χ0v) is 16.4. The van der Waals surface area contributed by atoms with Gasteiger partial charge in [-0.1, -0.05) is 70.6 Å². The summed E-state index contributed by atoms with van der Waals surface area (Å²) >= 11 is 0. The summed E-state index contributed by atoms with van der Waals surface area (Å²) in [5, 5.41) is 25.9. The number of carboxylic acid groups (broad SMARTS) is 2. The number of aliphatic hydroxyl groups is 1. The van der Waals surface area contributed by atoms with Crippen molar-refractivity contribution in [1.82, 2.24) is 0 Å². The van der Waals surface area contributed by atoms with Gasteiger partial charge in [-0.15, -0.1) is 0 Å². The Bertz CT molecular complexity index is 377. The maximum absolute atomic E-state index is 10.3. The Morgan fingerprint density at radius 2 is 1.50 bits per heavy atom. The number of carbonyl (C=O) groups is 2. The van der Waals surface area contributed by atoms with Gasteiger partial charge in [0.15, 0.2) is 0 Å². The molecule has 0 saturated heterocycles. The van der Waals surface area contributed by atoms with Gasteiger partial charge in [-0.3, -0.25) is 4.79 Å². The summed E-state index contributed by atoms with van der Waals surface area (Å²) in [5.41, 5.74) is 0. The van der Waals surface area contributed by atoms with Gasteiger partial charge in [0.05, 0.1) is 6.10 Å². The van der Waals surface area contributed by atoms with Gasteiger partial charge < -0.3 is 15.3 Å². The van der Waals surface area contributed by atoms with E-state index in [1.807, 2.05) is 0 Å². The molecule has 0 radical (unpaired) electrons. The summed E-state index contributed by atoms with van der Waals surface area (Å²) in [6, 6.07) is 0. The van der Waals surface area contributed by atoms with E-state index in [0.717, 1.165) is 57.4 Å². The lowest BCUT2D eigenvalue weighted by molar-refractivity contribution is -0.137. The maximum atomic E-state index is 10.3. The van der Waals surface area contributed by atoms with Crippen LogP contribution in [0.2, 0.25) is 0 Å². The van der Waals surface area contributed by atoms with E-state index >= 15 is 0 Å². The highest BCUT2D eigenvalue weighted by molar-refractivity contribution is 5.78. The summed E-state index contributed by atoms with van der Waals surface area (Å²) in [6.45, 7) is 5.16. The first-order chi connectivity index (χ1) is 12.4. The van der Waals surface area contributed by atoms with E-state index in [2.05, 4.69) is 25.7 Å². The summed E-state index contributed by atoms with van der Waals surface area (Å²) in [4.78, 5) is 19.6.